The van der Waals surface area contributed by atoms with E-state index in [0.29, 0.717) is 13.2 Å². The Balaban J connectivity index is 1.84. The number of aromatic amines is 1. The number of rotatable bonds is 1. The first kappa shape index (κ1) is 12.5. The molecule has 4 rings (SSSR count). The molecule has 106 valence electrons. The van der Waals surface area contributed by atoms with Crippen LogP contribution in [0.15, 0.2) is 30.3 Å². The number of halogens is 1. The fourth-order valence-corrected chi connectivity index (χ4v) is 2.60. The molecule has 4 nitrogen and oxygen atoms in total. The summed E-state index contributed by atoms with van der Waals surface area (Å²) in [5.41, 5.74) is 3.78. The van der Waals surface area contributed by atoms with Gasteiger partial charge in [-0.1, -0.05) is 23.7 Å². The molecule has 5 heteroatoms. The van der Waals surface area contributed by atoms with Gasteiger partial charge in [0.1, 0.15) is 19.0 Å². The summed E-state index contributed by atoms with van der Waals surface area (Å²) in [6.45, 7) is 3.13. The Hall–Kier alpha value is -2.20. The SMILES string of the molecule is Cc1ccc(-c2nc3cc4c(cc3[nH]2)OCCO4)cc1Cl. The van der Waals surface area contributed by atoms with Crippen LogP contribution in [0.1, 0.15) is 5.56 Å². The number of aromatic nitrogens is 2. The third kappa shape index (κ3) is 2.12. The highest BCUT2D eigenvalue weighted by Crippen LogP contribution is 2.35. The van der Waals surface area contributed by atoms with Crippen molar-refractivity contribution in [1.82, 2.24) is 9.97 Å². The van der Waals surface area contributed by atoms with Crippen LogP contribution in [0.3, 0.4) is 0 Å². The highest BCUT2D eigenvalue weighted by molar-refractivity contribution is 6.31. The van der Waals surface area contributed by atoms with E-state index in [4.69, 9.17) is 21.1 Å². The second kappa shape index (κ2) is 4.67. The van der Waals surface area contributed by atoms with Gasteiger partial charge < -0.3 is 14.5 Å². The second-order valence-corrected chi connectivity index (χ2v) is 5.47. The molecule has 2 aromatic carbocycles. The minimum absolute atomic E-state index is 0.573. The van der Waals surface area contributed by atoms with Crippen LogP contribution in [0.5, 0.6) is 11.5 Å². The first-order chi connectivity index (χ1) is 10.2. The van der Waals surface area contributed by atoms with Gasteiger partial charge in [0.15, 0.2) is 11.5 Å². The van der Waals surface area contributed by atoms with E-state index < -0.39 is 0 Å². The maximum absolute atomic E-state index is 6.18. The molecule has 0 spiro atoms. The molecule has 0 atom stereocenters. The summed E-state index contributed by atoms with van der Waals surface area (Å²) >= 11 is 6.18. The predicted octanol–water partition coefficient (Wildman–Crippen LogP) is 3.96. The molecular formula is C16H13ClN2O2. The van der Waals surface area contributed by atoms with Crippen molar-refractivity contribution in [2.45, 2.75) is 6.92 Å². The van der Waals surface area contributed by atoms with Crippen molar-refractivity contribution in [3.05, 3.63) is 40.9 Å². The van der Waals surface area contributed by atoms with Gasteiger partial charge in [0.2, 0.25) is 0 Å². The number of imidazole rings is 1. The Kier molecular flexibility index (Phi) is 2.79. The molecule has 0 radical (unpaired) electrons. The maximum atomic E-state index is 6.18. The van der Waals surface area contributed by atoms with Crippen LogP contribution in [0, 0.1) is 6.92 Å². The van der Waals surface area contributed by atoms with Gasteiger partial charge in [-0.2, -0.15) is 0 Å². The smallest absolute Gasteiger partial charge is 0.163 e. The van der Waals surface area contributed by atoms with Crippen molar-refractivity contribution < 1.29 is 9.47 Å². The Labute approximate surface area is 126 Å². The number of ether oxygens (including phenoxy) is 2. The zero-order valence-electron chi connectivity index (χ0n) is 11.4. The molecule has 1 aliphatic rings. The van der Waals surface area contributed by atoms with Crippen LogP contribution in [0.25, 0.3) is 22.4 Å². The fraction of sp³-hybridized carbons (Fsp3) is 0.188. The fourth-order valence-electron chi connectivity index (χ4n) is 2.42. The molecule has 1 aliphatic heterocycles. The van der Waals surface area contributed by atoms with Crippen molar-refractivity contribution in [2.24, 2.45) is 0 Å². The van der Waals surface area contributed by atoms with Crippen LogP contribution in [0.4, 0.5) is 0 Å². The standard InChI is InChI=1S/C16H13ClN2O2/c1-9-2-3-10(6-11(9)17)16-18-12-7-14-15(8-13(12)19-16)21-5-4-20-14/h2-3,6-8H,4-5H2,1H3,(H,18,19). The number of aryl methyl sites for hydroxylation is 1. The molecule has 0 amide bonds. The van der Waals surface area contributed by atoms with Crippen molar-refractivity contribution in [1.29, 1.82) is 0 Å². The summed E-state index contributed by atoms with van der Waals surface area (Å²) in [6, 6.07) is 9.74. The number of nitrogens with one attached hydrogen (secondary N) is 1. The number of H-pyrrole nitrogens is 1. The minimum Gasteiger partial charge on any atom is -0.486 e. The van der Waals surface area contributed by atoms with E-state index >= 15 is 0 Å². The molecule has 0 bridgehead atoms. The maximum Gasteiger partial charge on any atom is 0.163 e. The lowest BCUT2D eigenvalue weighted by molar-refractivity contribution is 0.172. The molecule has 0 aliphatic carbocycles. The van der Waals surface area contributed by atoms with Gasteiger partial charge in [0, 0.05) is 22.7 Å². The molecule has 0 fully saturated rings. The molecule has 1 N–H and O–H groups in total. The van der Waals surface area contributed by atoms with E-state index in [2.05, 4.69) is 9.97 Å². The summed E-state index contributed by atoms with van der Waals surface area (Å²) < 4.78 is 11.2. The normalized spacial score (nSPS) is 13.6. The van der Waals surface area contributed by atoms with Crippen LogP contribution < -0.4 is 9.47 Å². The second-order valence-electron chi connectivity index (χ2n) is 5.06. The van der Waals surface area contributed by atoms with E-state index in [1.54, 1.807) is 0 Å². The largest absolute Gasteiger partial charge is 0.486 e. The molecule has 21 heavy (non-hydrogen) atoms. The van der Waals surface area contributed by atoms with E-state index in [1.165, 1.54) is 0 Å². The minimum atomic E-state index is 0.573. The average Bonchev–Trinajstić information content (AvgIpc) is 2.90. The van der Waals surface area contributed by atoms with E-state index in [-0.39, 0.29) is 0 Å². The molecule has 0 saturated heterocycles. The number of nitrogens with zero attached hydrogens (tertiary/aromatic N) is 1. The summed E-state index contributed by atoms with van der Waals surface area (Å²) in [5.74, 6) is 2.29. The molecular weight excluding hydrogens is 288 g/mol. The Morgan fingerprint density at radius 3 is 2.62 bits per heavy atom. The van der Waals surface area contributed by atoms with E-state index in [9.17, 15) is 0 Å². The molecule has 0 unspecified atom stereocenters. The average molecular weight is 301 g/mol. The Morgan fingerprint density at radius 1 is 1.10 bits per heavy atom. The number of benzene rings is 2. The summed E-state index contributed by atoms with van der Waals surface area (Å²) in [6.07, 6.45) is 0. The van der Waals surface area contributed by atoms with Gasteiger partial charge in [-0.05, 0) is 18.6 Å². The lowest BCUT2D eigenvalue weighted by Crippen LogP contribution is -2.15. The monoisotopic (exact) mass is 300 g/mol. The van der Waals surface area contributed by atoms with Gasteiger partial charge in [0.05, 0.1) is 11.0 Å². The van der Waals surface area contributed by atoms with Crippen molar-refractivity contribution in [3.63, 3.8) is 0 Å². The van der Waals surface area contributed by atoms with Crippen LogP contribution in [-0.4, -0.2) is 23.2 Å². The lowest BCUT2D eigenvalue weighted by atomic mass is 10.1. The Bertz CT molecular complexity index is 799. The highest BCUT2D eigenvalue weighted by atomic mass is 35.5. The zero-order chi connectivity index (χ0) is 14.4. The highest BCUT2D eigenvalue weighted by Gasteiger charge is 2.15. The van der Waals surface area contributed by atoms with Gasteiger partial charge in [-0.15, -0.1) is 0 Å². The number of fused-ring (bicyclic) bond motifs is 2. The van der Waals surface area contributed by atoms with Crippen LogP contribution in [-0.2, 0) is 0 Å². The molecule has 2 heterocycles. The summed E-state index contributed by atoms with van der Waals surface area (Å²) in [7, 11) is 0. The van der Waals surface area contributed by atoms with Gasteiger partial charge >= 0.3 is 0 Å². The molecule has 0 saturated carbocycles. The molecule has 3 aromatic rings. The van der Waals surface area contributed by atoms with Crippen molar-refractivity contribution in [3.8, 4) is 22.9 Å². The van der Waals surface area contributed by atoms with Crippen LogP contribution >= 0.6 is 11.6 Å². The Morgan fingerprint density at radius 2 is 1.86 bits per heavy atom. The van der Waals surface area contributed by atoms with Gasteiger partial charge in [0.25, 0.3) is 0 Å². The third-order valence-corrected chi connectivity index (χ3v) is 4.00. The lowest BCUT2D eigenvalue weighted by Gasteiger charge is -2.17. The number of hydrogen-bond donors (Lipinski definition) is 1. The zero-order valence-corrected chi connectivity index (χ0v) is 12.2. The van der Waals surface area contributed by atoms with Gasteiger partial charge in [-0.25, -0.2) is 4.98 Å². The predicted molar refractivity (Wildman–Crippen MR) is 82.3 cm³/mol. The van der Waals surface area contributed by atoms with Crippen molar-refractivity contribution in [2.75, 3.05) is 13.2 Å². The van der Waals surface area contributed by atoms with Crippen LogP contribution in [0.2, 0.25) is 5.02 Å². The first-order valence-corrected chi connectivity index (χ1v) is 7.14. The summed E-state index contributed by atoms with van der Waals surface area (Å²) in [4.78, 5) is 7.92. The van der Waals surface area contributed by atoms with Gasteiger partial charge in [-0.3, -0.25) is 0 Å². The number of hydrogen-bond acceptors (Lipinski definition) is 3. The summed E-state index contributed by atoms with van der Waals surface area (Å²) in [5, 5.41) is 0.735. The molecule has 1 aromatic heterocycles. The first-order valence-electron chi connectivity index (χ1n) is 6.76. The topological polar surface area (TPSA) is 47.1 Å². The van der Waals surface area contributed by atoms with E-state index in [1.807, 2.05) is 37.3 Å². The van der Waals surface area contributed by atoms with Crippen molar-refractivity contribution >= 4 is 22.6 Å². The quantitative estimate of drug-likeness (QED) is 0.740. The third-order valence-electron chi connectivity index (χ3n) is 3.59. The van der Waals surface area contributed by atoms with E-state index in [0.717, 1.165) is 44.5 Å².